The molecule has 2 heterocycles. The molecule has 0 spiro atoms. The van der Waals surface area contributed by atoms with Gasteiger partial charge < -0.3 is 15.1 Å². The lowest BCUT2D eigenvalue weighted by atomic mass is 9.94. The Morgan fingerprint density at radius 1 is 1.15 bits per heavy atom. The number of likely N-dealkylation sites (tertiary alicyclic amines) is 1. The maximum Gasteiger partial charge on any atom is 0.254 e. The molecule has 5 rings (SSSR count). The SMILES string of the molecule is CCC#CC1CCCN1C(=O)c1cc(-c2nnc([C@](C)(N)Cc3ccccc3)o2)cc(-c2cccc(F)c2C#N)c1. The van der Waals surface area contributed by atoms with E-state index in [-0.39, 0.29) is 29.3 Å². The van der Waals surface area contributed by atoms with Crippen LogP contribution < -0.4 is 5.73 Å². The van der Waals surface area contributed by atoms with Crippen molar-refractivity contribution in [1.29, 1.82) is 5.26 Å². The number of hydrogen-bond donors (Lipinski definition) is 1. The average molecular weight is 548 g/mol. The van der Waals surface area contributed by atoms with Gasteiger partial charge in [-0.2, -0.15) is 5.26 Å². The van der Waals surface area contributed by atoms with Crippen molar-refractivity contribution in [2.75, 3.05) is 6.54 Å². The Balaban J connectivity index is 1.58. The van der Waals surface area contributed by atoms with Gasteiger partial charge in [-0.15, -0.1) is 16.1 Å². The van der Waals surface area contributed by atoms with Crippen LogP contribution >= 0.6 is 0 Å². The van der Waals surface area contributed by atoms with Crippen molar-refractivity contribution in [2.24, 2.45) is 5.73 Å². The van der Waals surface area contributed by atoms with Crippen molar-refractivity contribution < 1.29 is 13.6 Å². The summed E-state index contributed by atoms with van der Waals surface area (Å²) in [6.45, 7) is 4.38. The fourth-order valence-corrected chi connectivity index (χ4v) is 5.12. The number of aromatic nitrogens is 2. The Kier molecular flexibility index (Phi) is 7.96. The third-order valence-electron chi connectivity index (χ3n) is 7.15. The number of amides is 1. The number of nitriles is 1. The summed E-state index contributed by atoms with van der Waals surface area (Å²) in [7, 11) is 0. The molecule has 41 heavy (non-hydrogen) atoms. The smallest absolute Gasteiger partial charge is 0.254 e. The zero-order chi connectivity index (χ0) is 29.0. The van der Waals surface area contributed by atoms with Crippen LogP contribution in [0.5, 0.6) is 0 Å². The first-order valence-corrected chi connectivity index (χ1v) is 13.6. The summed E-state index contributed by atoms with van der Waals surface area (Å²) < 4.78 is 20.7. The van der Waals surface area contributed by atoms with E-state index in [1.807, 2.05) is 50.2 Å². The van der Waals surface area contributed by atoms with Crippen LogP contribution in [-0.2, 0) is 12.0 Å². The first kappa shape index (κ1) is 27.8. The van der Waals surface area contributed by atoms with Crippen molar-refractivity contribution >= 4 is 5.91 Å². The third-order valence-corrected chi connectivity index (χ3v) is 7.15. The highest BCUT2D eigenvalue weighted by molar-refractivity contribution is 5.97. The highest BCUT2D eigenvalue weighted by Gasteiger charge is 2.31. The summed E-state index contributed by atoms with van der Waals surface area (Å²) in [6, 6.07) is 21.0. The first-order chi connectivity index (χ1) is 19.8. The number of nitrogens with zero attached hydrogens (tertiary/aromatic N) is 4. The van der Waals surface area contributed by atoms with Crippen molar-refractivity contribution in [2.45, 2.75) is 51.1 Å². The van der Waals surface area contributed by atoms with E-state index in [1.165, 1.54) is 12.1 Å². The number of carbonyl (C=O) groups is 1. The molecule has 1 aliphatic heterocycles. The quantitative estimate of drug-likeness (QED) is 0.303. The Morgan fingerprint density at radius 3 is 2.68 bits per heavy atom. The molecule has 4 aromatic rings. The van der Waals surface area contributed by atoms with Gasteiger partial charge in [0.15, 0.2) is 0 Å². The molecule has 0 bridgehead atoms. The zero-order valence-electron chi connectivity index (χ0n) is 23.0. The summed E-state index contributed by atoms with van der Waals surface area (Å²) >= 11 is 0. The Labute approximate surface area is 238 Å². The fourth-order valence-electron chi connectivity index (χ4n) is 5.12. The van der Waals surface area contributed by atoms with E-state index in [2.05, 4.69) is 22.0 Å². The maximum atomic E-state index is 14.6. The molecule has 1 fully saturated rings. The Hall–Kier alpha value is -4.79. The largest absolute Gasteiger partial charge is 0.419 e. The van der Waals surface area contributed by atoms with Crippen LogP contribution in [0.2, 0.25) is 0 Å². The second-order valence-electron chi connectivity index (χ2n) is 10.4. The lowest BCUT2D eigenvalue weighted by molar-refractivity contribution is 0.0766. The van der Waals surface area contributed by atoms with Gasteiger partial charge in [-0.3, -0.25) is 4.79 Å². The molecule has 1 unspecified atom stereocenters. The molecule has 7 nitrogen and oxygen atoms in total. The molecule has 2 N–H and O–H groups in total. The molecule has 1 aromatic heterocycles. The molecule has 8 heteroatoms. The van der Waals surface area contributed by atoms with Gasteiger partial charge in [-0.05, 0) is 61.6 Å². The molecular weight excluding hydrogens is 517 g/mol. The lowest BCUT2D eigenvalue weighted by Gasteiger charge is -2.21. The summed E-state index contributed by atoms with van der Waals surface area (Å²) in [5.74, 6) is 5.85. The summed E-state index contributed by atoms with van der Waals surface area (Å²) in [5, 5.41) is 18.2. The van der Waals surface area contributed by atoms with Gasteiger partial charge in [0, 0.05) is 29.7 Å². The summed E-state index contributed by atoms with van der Waals surface area (Å²) in [5.41, 5.74) is 8.23. The minimum absolute atomic E-state index is 0.112. The minimum Gasteiger partial charge on any atom is -0.419 e. The van der Waals surface area contributed by atoms with Gasteiger partial charge in [-0.1, -0.05) is 55.3 Å². The van der Waals surface area contributed by atoms with Gasteiger partial charge in [0.1, 0.15) is 11.9 Å². The van der Waals surface area contributed by atoms with E-state index in [4.69, 9.17) is 10.2 Å². The van der Waals surface area contributed by atoms with Crippen LogP contribution in [0.15, 0.2) is 71.1 Å². The van der Waals surface area contributed by atoms with Gasteiger partial charge >= 0.3 is 0 Å². The van der Waals surface area contributed by atoms with E-state index < -0.39 is 11.4 Å². The first-order valence-electron chi connectivity index (χ1n) is 13.6. The van der Waals surface area contributed by atoms with E-state index in [0.717, 1.165) is 18.4 Å². The molecule has 2 atom stereocenters. The molecule has 0 radical (unpaired) electrons. The second-order valence-corrected chi connectivity index (χ2v) is 10.4. The zero-order valence-corrected chi connectivity index (χ0v) is 23.0. The molecule has 206 valence electrons. The number of carbonyl (C=O) groups excluding carboxylic acids is 1. The normalized spacial score (nSPS) is 16.0. The van der Waals surface area contributed by atoms with E-state index in [0.29, 0.717) is 41.6 Å². The second kappa shape index (κ2) is 11.8. The van der Waals surface area contributed by atoms with Crippen molar-refractivity contribution in [3.05, 3.63) is 95.1 Å². The number of halogens is 1. The number of benzene rings is 3. The molecular formula is C33H30FN5O2. The van der Waals surface area contributed by atoms with E-state index in [1.54, 1.807) is 29.2 Å². The number of hydrogen-bond acceptors (Lipinski definition) is 6. The van der Waals surface area contributed by atoms with Gasteiger partial charge in [0.25, 0.3) is 5.91 Å². The number of rotatable bonds is 6. The van der Waals surface area contributed by atoms with Crippen LogP contribution in [0.1, 0.15) is 60.5 Å². The minimum atomic E-state index is -0.944. The third kappa shape index (κ3) is 5.89. The lowest BCUT2D eigenvalue weighted by Crippen LogP contribution is -2.35. The molecule has 0 aliphatic carbocycles. The summed E-state index contributed by atoms with van der Waals surface area (Å²) in [4.78, 5) is 15.6. The Morgan fingerprint density at radius 2 is 1.93 bits per heavy atom. The highest BCUT2D eigenvalue weighted by atomic mass is 19.1. The Bertz CT molecular complexity index is 1680. The van der Waals surface area contributed by atoms with E-state index >= 15 is 0 Å². The van der Waals surface area contributed by atoms with Crippen LogP contribution in [-0.4, -0.2) is 33.6 Å². The fraction of sp³-hybridized carbons (Fsp3) is 0.273. The standard InChI is InChI=1S/C33H30FN5O2/c1-3-4-12-26-13-9-16-39(26)31(40)25-18-23(27-14-8-15-29(34)28(27)21-35)17-24(19-25)30-37-38-32(41-30)33(2,36)20-22-10-6-5-7-11-22/h5-8,10-11,14-15,17-19,26H,3,9,13,16,20,36H2,1-2H3/t26?,33-/m1/s1. The van der Waals surface area contributed by atoms with Crippen LogP contribution in [0.4, 0.5) is 4.39 Å². The number of nitrogens with two attached hydrogens (primary N) is 1. The van der Waals surface area contributed by atoms with Crippen molar-refractivity contribution in [3.63, 3.8) is 0 Å². The van der Waals surface area contributed by atoms with Gasteiger partial charge in [0.05, 0.1) is 17.1 Å². The van der Waals surface area contributed by atoms with Crippen LogP contribution in [0.25, 0.3) is 22.6 Å². The average Bonchev–Trinajstić information content (AvgIpc) is 3.66. The van der Waals surface area contributed by atoms with Gasteiger partial charge in [0.2, 0.25) is 11.8 Å². The summed E-state index contributed by atoms with van der Waals surface area (Å²) in [6.07, 6.45) is 2.84. The topological polar surface area (TPSA) is 109 Å². The predicted octanol–water partition coefficient (Wildman–Crippen LogP) is 5.85. The molecule has 1 aliphatic rings. The monoisotopic (exact) mass is 547 g/mol. The van der Waals surface area contributed by atoms with Crippen LogP contribution in [0, 0.1) is 29.0 Å². The maximum absolute atomic E-state index is 14.6. The van der Waals surface area contributed by atoms with Crippen LogP contribution in [0.3, 0.4) is 0 Å². The van der Waals surface area contributed by atoms with Crippen molar-refractivity contribution in [3.8, 4) is 40.5 Å². The van der Waals surface area contributed by atoms with E-state index in [9.17, 15) is 14.4 Å². The molecule has 1 amide bonds. The van der Waals surface area contributed by atoms with Crippen molar-refractivity contribution in [1.82, 2.24) is 15.1 Å². The van der Waals surface area contributed by atoms with Gasteiger partial charge in [-0.25, -0.2) is 4.39 Å². The predicted molar refractivity (Wildman–Crippen MR) is 154 cm³/mol. The molecule has 3 aromatic carbocycles. The molecule has 1 saturated heterocycles. The highest BCUT2D eigenvalue weighted by Crippen LogP contribution is 2.33. The molecule has 0 saturated carbocycles.